The molecule has 0 spiro atoms. The second-order valence-electron chi connectivity index (χ2n) is 5.07. The van der Waals surface area contributed by atoms with Crippen molar-refractivity contribution in [3.8, 4) is 0 Å². The normalized spacial score (nSPS) is 14.8. The molecule has 0 radical (unpaired) electrons. The molecule has 2 rings (SSSR count). The Hall–Kier alpha value is -1.68. The van der Waals surface area contributed by atoms with Crippen LogP contribution in [0.5, 0.6) is 0 Å². The minimum Gasteiger partial charge on any atom is -0.322 e. The number of allylic oxidation sites excluding steroid dienone is 1. The molecule has 1 aromatic rings. The van der Waals surface area contributed by atoms with E-state index in [1.165, 1.54) is 6.21 Å². The Morgan fingerprint density at radius 3 is 2.58 bits per heavy atom. The third-order valence-electron chi connectivity index (χ3n) is 3.00. The van der Waals surface area contributed by atoms with Gasteiger partial charge in [-0.15, -0.1) is 0 Å². The van der Waals surface area contributed by atoms with Gasteiger partial charge in [0.05, 0.1) is 5.57 Å². The minimum atomic E-state index is -0.436. The number of benzene rings is 1. The molecule has 0 saturated carbocycles. The number of nitrogens with zero attached hydrogens (tertiary/aromatic N) is 1. The van der Waals surface area contributed by atoms with E-state index in [1.807, 2.05) is 32.0 Å². The molecule has 4 nitrogen and oxygen atoms in total. The number of rotatable bonds is 3. The Balaban J connectivity index is 2.60. The molecular weight excluding hydrogens is 304 g/mol. The second kappa shape index (κ2) is 4.78. The Morgan fingerprint density at radius 2 is 2.00 bits per heavy atom. The van der Waals surface area contributed by atoms with E-state index in [0.717, 1.165) is 21.2 Å². The summed E-state index contributed by atoms with van der Waals surface area (Å²) in [4.78, 5) is 0. The molecule has 1 aliphatic heterocycles. The van der Waals surface area contributed by atoms with Crippen molar-refractivity contribution in [2.45, 2.75) is 19.4 Å². The molecule has 0 fully saturated rings. The van der Waals surface area contributed by atoms with Crippen LogP contribution in [-0.4, -0.2) is 18.3 Å². The van der Waals surface area contributed by atoms with Crippen molar-refractivity contribution in [3.05, 3.63) is 39.4 Å². The zero-order chi connectivity index (χ0) is 14.2. The van der Waals surface area contributed by atoms with Gasteiger partial charge >= 0.3 is 5.84 Å². The van der Waals surface area contributed by atoms with Crippen LogP contribution < -0.4 is 16.1 Å². The quantitative estimate of drug-likeness (QED) is 0.583. The summed E-state index contributed by atoms with van der Waals surface area (Å²) in [5, 5.41) is 7.44. The molecule has 98 valence electrons. The summed E-state index contributed by atoms with van der Waals surface area (Å²) in [6, 6.07) is 5.97. The fourth-order valence-corrected chi connectivity index (χ4v) is 2.40. The van der Waals surface area contributed by atoms with Gasteiger partial charge in [-0.2, -0.15) is 0 Å². The SMILES string of the molecule is CC(C)(N)c1cc(Br)cc(C2=C(C=N)C(N)=[N+]=C2)c1. The van der Waals surface area contributed by atoms with Gasteiger partial charge in [0, 0.05) is 16.2 Å². The van der Waals surface area contributed by atoms with Gasteiger partial charge in [0.2, 0.25) is 6.21 Å². The largest absolute Gasteiger partial charge is 0.375 e. The summed E-state index contributed by atoms with van der Waals surface area (Å²) in [6.07, 6.45) is 2.91. The van der Waals surface area contributed by atoms with Gasteiger partial charge in [-0.1, -0.05) is 15.9 Å². The summed E-state index contributed by atoms with van der Waals surface area (Å²) in [5.74, 6) is 0.374. The van der Waals surface area contributed by atoms with Crippen molar-refractivity contribution >= 4 is 39.8 Å². The van der Waals surface area contributed by atoms with Crippen LogP contribution >= 0.6 is 15.9 Å². The zero-order valence-corrected chi connectivity index (χ0v) is 12.5. The predicted octanol–water partition coefficient (Wildman–Crippen LogP) is 1.55. The fourth-order valence-electron chi connectivity index (χ4n) is 1.91. The number of nitrogens with two attached hydrogens (primary N) is 2. The standard InChI is InChI=1S/C14H15BrN4/c1-14(2,18)9-3-8(4-10(15)5-9)12-7-19-13(17)11(12)6-16/h3-7,16-17H,18H2,1-2H3/p+1. The highest BCUT2D eigenvalue weighted by Gasteiger charge is 2.23. The van der Waals surface area contributed by atoms with E-state index in [0.29, 0.717) is 11.4 Å². The van der Waals surface area contributed by atoms with Crippen LogP contribution in [-0.2, 0) is 5.54 Å². The molecule has 1 aromatic carbocycles. The highest BCUT2D eigenvalue weighted by atomic mass is 79.9. The lowest BCUT2D eigenvalue weighted by atomic mass is 9.91. The van der Waals surface area contributed by atoms with E-state index < -0.39 is 5.54 Å². The van der Waals surface area contributed by atoms with Gasteiger partial charge in [0.1, 0.15) is 5.57 Å². The topological polar surface area (TPSA) is 90.0 Å². The number of nitrogens with one attached hydrogen (secondary N) is 1. The molecule has 0 bridgehead atoms. The summed E-state index contributed by atoms with van der Waals surface area (Å²) < 4.78 is 5.00. The molecular formula is C14H16BrN4+. The number of amidine groups is 1. The number of halogens is 1. The molecule has 0 saturated heterocycles. The maximum atomic E-state index is 7.44. The maximum absolute atomic E-state index is 7.44. The smallest absolute Gasteiger partial charge is 0.322 e. The Kier molecular flexibility index (Phi) is 3.45. The Morgan fingerprint density at radius 1 is 1.32 bits per heavy atom. The first kappa shape index (κ1) is 13.7. The van der Waals surface area contributed by atoms with Crippen LogP contribution in [0.1, 0.15) is 25.0 Å². The highest BCUT2D eigenvalue weighted by molar-refractivity contribution is 9.10. The van der Waals surface area contributed by atoms with Gasteiger partial charge in [-0.25, -0.2) is 4.67 Å². The summed E-state index contributed by atoms with van der Waals surface area (Å²) >= 11 is 3.49. The van der Waals surface area contributed by atoms with E-state index in [-0.39, 0.29) is 0 Å². The first-order chi connectivity index (χ1) is 8.82. The van der Waals surface area contributed by atoms with Crippen molar-refractivity contribution in [1.82, 2.24) is 4.67 Å². The molecule has 0 unspecified atom stereocenters. The lowest BCUT2D eigenvalue weighted by Crippen LogP contribution is -2.28. The lowest BCUT2D eigenvalue weighted by molar-refractivity contribution is 0.554. The molecule has 5 N–H and O–H groups in total. The molecule has 1 heterocycles. The second-order valence-corrected chi connectivity index (χ2v) is 5.98. The van der Waals surface area contributed by atoms with Gasteiger partial charge < -0.3 is 11.1 Å². The molecule has 1 aliphatic rings. The maximum Gasteiger partial charge on any atom is 0.375 e. The summed E-state index contributed by atoms with van der Waals surface area (Å²) in [7, 11) is 0. The molecule has 0 amide bonds. The third-order valence-corrected chi connectivity index (χ3v) is 3.45. The van der Waals surface area contributed by atoms with Crippen LogP contribution in [0.3, 0.4) is 0 Å². The van der Waals surface area contributed by atoms with Crippen LogP contribution in [0.4, 0.5) is 0 Å². The fraction of sp³-hybridized carbons (Fsp3) is 0.214. The Labute approximate surface area is 120 Å². The van der Waals surface area contributed by atoms with Crippen LogP contribution in [0, 0.1) is 5.41 Å². The molecule has 5 heteroatoms. The van der Waals surface area contributed by atoms with Crippen molar-refractivity contribution in [2.24, 2.45) is 11.5 Å². The van der Waals surface area contributed by atoms with E-state index in [4.69, 9.17) is 16.9 Å². The van der Waals surface area contributed by atoms with Crippen LogP contribution in [0.15, 0.2) is 28.2 Å². The molecule has 0 atom stereocenters. The van der Waals surface area contributed by atoms with Crippen molar-refractivity contribution < 1.29 is 0 Å². The summed E-state index contributed by atoms with van der Waals surface area (Å²) in [5.41, 5.74) is 14.9. The third kappa shape index (κ3) is 2.68. The van der Waals surface area contributed by atoms with Gasteiger partial charge in [-0.3, -0.25) is 5.73 Å². The van der Waals surface area contributed by atoms with Gasteiger partial charge in [0.25, 0.3) is 0 Å². The predicted molar refractivity (Wildman–Crippen MR) is 84.5 cm³/mol. The highest BCUT2D eigenvalue weighted by Crippen LogP contribution is 2.28. The van der Waals surface area contributed by atoms with Crippen LogP contribution in [0.25, 0.3) is 5.57 Å². The van der Waals surface area contributed by atoms with E-state index >= 15 is 0 Å². The summed E-state index contributed by atoms with van der Waals surface area (Å²) in [6.45, 7) is 3.90. The molecule has 0 aliphatic carbocycles. The minimum absolute atomic E-state index is 0.374. The monoisotopic (exact) mass is 319 g/mol. The number of hydrogen-bond donors (Lipinski definition) is 3. The van der Waals surface area contributed by atoms with Crippen molar-refractivity contribution in [3.63, 3.8) is 0 Å². The van der Waals surface area contributed by atoms with Crippen molar-refractivity contribution in [2.75, 3.05) is 0 Å². The van der Waals surface area contributed by atoms with E-state index in [2.05, 4.69) is 20.6 Å². The van der Waals surface area contributed by atoms with Crippen molar-refractivity contribution in [1.29, 1.82) is 5.41 Å². The van der Waals surface area contributed by atoms with Gasteiger partial charge in [0.15, 0.2) is 0 Å². The molecule has 19 heavy (non-hydrogen) atoms. The van der Waals surface area contributed by atoms with E-state index in [1.54, 1.807) is 6.21 Å². The first-order valence-corrected chi connectivity index (χ1v) is 6.64. The Bertz CT molecular complexity index is 644. The molecule has 0 aromatic heterocycles. The number of hydrogen-bond acceptors (Lipinski definition) is 3. The lowest BCUT2D eigenvalue weighted by Gasteiger charge is -2.20. The first-order valence-electron chi connectivity index (χ1n) is 5.85. The van der Waals surface area contributed by atoms with Crippen LogP contribution in [0.2, 0.25) is 0 Å². The van der Waals surface area contributed by atoms with Gasteiger partial charge in [-0.05, 0) is 43.2 Å². The average Bonchev–Trinajstić information content (AvgIpc) is 2.68. The zero-order valence-electron chi connectivity index (χ0n) is 10.9. The average molecular weight is 320 g/mol. The van der Waals surface area contributed by atoms with E-state index in [9.17, 15) is 0 Å².